The molecule has 4 aliphatic rings. The van der Waals surface area contributed by atoms with E-state index in [4.69, 9.17) is 10.1 Å². The van der Waals surface area contributed by atoms with Crippen molar-refractivity contribution in [1.82, 2.24) is 5.43 Å². The van der Waals surface area contributed by atoms with Crippen LogP contribution in [0, 0.1) is 11.3 Å². The van der Waals surface area contributed by atoms with Crippen molar-refractivity contribution in [3.63, 3.8) is 0 Å². The minimum absolute atomic E-state index is 0.0390. The summed E-state index contributed by atoms with van der Waals surface area (Å²) in [6.45, 7) is -0.122. The molecule has 8 nitrogen and oxygen atoms in total. The van der Waals surface area contributed by atoms with Crippen LogP contribution in [0.1, 0.15) is 61.3 Å². The van der Waals surface area contributed by atoms with Gasteiger partial charge in [0.25, 0.3) is 0 Å². The zero-order chi connectivity index (χ0) is 29.1. The topological polar surface area (TPSA) is 109 Å². The molecule has 218 valence electrons. The highest BCUT2D eigenvalue weighted by Gasteiger charge is 2.43. The monoisotopic (exact) mass is 570 g/mol. The molecule has 2 saturated heterocycles. The second-order valence-electron chi connectivity index (χ2n) is 11.5. The number of nitrogens with zero attached hydrogens (tertiary/aromatic N) is 2. The van der Waals surface area contributed by atoms with Crippen LogP contribution in [-0.4, -0.2) is 53.7 Å². The van der Waals surface area contributed by atoms with Gasteiger partial charge in [-0.05, 0) is 56.7 Å². The fourth-order valence-electron chi connectivity index (χ4n) is 6.62. The van der Waals surface area contributed by atoms with E-state index < -0.39 is 23.8 Å². The Hall–Kier alpha value is -3.57. The van der Waals surface area contributed by atoms with Crippen LogP contribution in [0.2, 0.25) is 0 Å². The molecule has 2 aromatic carbocycles. The van der Waals surface area contributed by atoms with E-state index in [0.29, 0.717) is 12.8 Å². The largest absolute Gasteiger partial charge is 0.512 e. The maximum atomic E-state index is 13.7. The van der Waals surface area contributed by atoms with Crippen molar-refractivity contribution in [3.05, 3.63) is 70.5 Å². The van der Waals surface area contributed by atoms with Crippen molar-refractivity contribution in [2.24, 2.45) is 5.92 Å². The Labute approximate surface area is 235 Å². The lowest BCUT2D eigenvalue weighted by atomic mass is 9.95. The van der Waals surface area contributed by atoms with Crippen molar-refractivity contribution < 1.29 is 32.9 Å². The van der Waals surface area contributed by atoms with Crippen LogP contribution in [0.3, 0.4) is 0 Å². The van der Waals surface area contributed by atoms with Gasteiger partial charge in [-0.1, -0.05) is 24.3 Å². The Morgan fingerprint density at radius 1 is 1.07 bits per heavy atom. The molecule has 3 unspecified atom stereocenters. The number of hydrazine groups is 1. The van der Waals surface area contributed by atoms with Crippen molar-refractivity contribution in [2.75, 3.05) is 23.6 Å². The Kier molecular flexibility index (Phi) is 6.97. The molecule has 0 radical (unpaired) electrons. The zero-order valence-electron chi connectivity index (χ0n) is 22.6. The maximum Gasteiger partial charge on any atom is 0.417 e. The normalized spacial score (nSPS) is 26.1. The van der Waals surface area contributed by atoms with Crippen molar-refractivity contribution in [1.29, 1.82) is 5.41 Å². The highest BCUT2D eigenvalue weighted by molar-refractivity contribution is 6.12. The van der Waals surface area contributed by atoms with E-state index in [1.165, 1.54) is 18.2 Å². The first-order valence-corrected chi connectivity index (χ1v) is 14.0. The number of carboxylic acid groups (broad SMARTS) is 1. The standard InChI is InChI=1S/C30H33F3N4O4/c1-36-25-14-19(10-11-22(25)27(35-36)29(39)40)37-17-8-9-18(37)13-20(12-17)41-15-23(28(38)16-6-7-16)26(34)21-4-2-3-5-24(21)30(31,32)33/h2-5,10-11,14,16-18,20,27,34-35,38H,6-9,12-13,15H2,1H3,(H,39,40)/b28-23-,34-26?/t17-,18?,20?,27?/m0/s1. The maximum absolute atomic E-state index is 13.7. The molecule has 11 heteroatoms. The number of alkyl halides is 3. The Bertz CT molecular complexity index is 1390. The second-order valence-corrected chi connectivity index (χ2v) is 11.5. The summed E-state index contributed by atoms with van der Waals surface area (Å²) in [7, 11) is 1.80. The third-order valence-electron chi connectivity index (χ3n) is 8.78. The number of nitrogens with one attached hydrogen (secondary N) is 2. The van der Waals surface area contributed by atoms with Crippen molar-refractivity contribution in [3.8, 4) is 0 Å². The number of allylic oxidation sites excluding steroid dienone is 1. The quantitative estimate of drug-likeness (QED) is 0.242. The van der Waals surface area contributed by atoms with E-state index >= 15 is 0 Å². The van der Waals surface area contributed by atoms with Crippen LogP contribution in [0.5, 0.6) is 0 Å². The number of halogens is 3. The predicted octanol–water partition coefficient (Wildman–Crippen LogP) is 5.59. The number of carbonyl (C=O) groups is 1. The SMILES string of the molecule is CN1NC(C(=O)O)c2ccc(N3C4CC[C@H]3CC(OC/C(C(=N)c3ccccc3C(F)(F)F)=C(/O)C3CC3)C4)cc21. The fourth-order valence-corrected chi connectivity index (χ4v) is 6.62. The Balaban J connectivity index is 1.18. The number of benzene rings is 2. The zero-order valence-corrected chi connectivity index (χ0v) is 22.6. The molecule has 41 heavy (non-hydrogen) atoms. The van der Waals surface area contributed by atoms with Crippen LogP contribution >= 0.6 is 0 Å². The number of aliphatic hydroxyl groups is 1. The number of aliphatic carboxylic acids is 1. The molecule has 0 amide bonds. The van der Waals surface area contributed by atoms with Gasteiger partial charge in [0, 0.05) is 47.4 Å². The predicted molar refractivity (Wildman–Crippen MR) is 147 cm³/mol. The Morgan fingerprint density at radius 2 is 1.76 bits per heavy atom. The molecule has 1 saturated carbocycles. The highest BCUT2D eigenvalue weighted by atomic mass is 19.4. The third-order valence-corrected chi connectivity index (χ3v) is 8.78. The lowest BCUT2D eigenvalue weighted by Gasteiger charge is -2.41. The summed E-state index contributed by atoms with van der Waals surface area (Å²) < 4.78 is 47.3. The molecular weight excluding hydrogens is 537 g/mol. The summed E-state index contributed by atoms with van der Waals surface area (Å²) in [5.74, 6) is -1.11. The van der Waals surface area contributed by atoms with Gasteiger partial charge in [0.15, 0.2) is 6.04 Å². The van der Waals surface area contributed by atoms with E-state index in [-0.39, 0.29) is 53.3 Å². The minimum atomic E-state index is -4.62. The van der Waals surface area contributed by atoms with Gasteiger partial charge >= 0.3 is 12.1 Å². The van der Waals surface area contributed by atoms with Crippen LogP contribution < -0.4 is 15.3 Å². The van der Waals surface area contributed by atoms with Crippen LogP contribution in [0.25, 0.3) is 0 Å². The van der Waals surface area contributed by atoms with Crippen LogP contribution in [-0.2, 0) is 15.7 Å². The van der Waals surface area contributed by atoms with E-state index in [0.717, 1.165) is 48.7 Å². The van der Waals surface area contributed by atoms with Gasteiger partial charge in [-0.2, -0.15) is 13.2 Å². The number of carboxylic acids is 1. The first-order chi connectivity index (χ1) is 19.5. The number of hydrogen-bond donors (Lipinski definition) is 4. The first kappa shape index (κ1) is 27.6. The minimum Gasteiger partial charge on any atom is -0.512 e. The molecule has 6 rings (SSSR count). The smallest absolute Gasteiger partial charge is 0.417 e. The van der Waals surface area contributed by atoms with Crippen molar-refractivity contribution in [2.45, 2.75) is 68.9 Å². The molecule has 3 fully saturated rings. The van der Waals surface area contributed by atoms with Gasteiger partial charge in [0.1, 0.15) is 5.76 Å². The van der Waals surface area contributed by atoms with Gasteiger partial charge in [0.2, 0.25) is 0 Å². The number of ether oxygens (including phenoxy) is 1. The average Bonchev–Trinajstić information content (AvgIpc) is 3.69. The van der Waals surface area contributed by atoms with Gasteiger partial charge in [-0.25, -0.2) is 5.43 Å². The number of fused-ring (bicyclic) bond motifs is 3. The number of aliphatic hydroxyl groups excluding tert-OH is 1. The molecule has 2 aromatic rings. The summed E-state index contributed by atoms with van der Waals surface area (Å²) in [5.41, 5.74) is 4.15. The molecule has 1 aliphatic carbocycles. The second kappa shape index (κ2) is 10.4. The molecule has 3 aliphatic heterocycles. The first-order valence-electron chi connectivity index (χ1n) is 14.0. The summed E-state index contributed by atoms with van der Waals surface area (Å²) in [5, 5.41) is 30.8. The third kappa shape index (κ3) is 5.17. The summed E-state index contributed by atoms with van der Waals surface area (Å²) in [4.78, 5) is 14.0. The molecule has 3 heterocycles. The average molecular weight is 571 g/mol. The Morgan fingerprint density at radius 3 is 2.39 bits per heavy atom. The lowest BCUT2D eigenvalue weighted by molar-refractivity contribution is -0.139. The van der Waals surface area contributed by atoms with Gasteiger partial charge < -0.3 is 24.9 Å². The summed E-state index contributed by atoms with van der Waals surface area (Å²) in [6.07, 6.45) is 0.0674. The van der Waals surface area contributed by atoms with E-state index in [2.05, 4.69) is 10.3 Å². The van der Waals surface area contributed by atoms with Gasteiger partial charge in [-0.15, -0.1) is 0 Å². The van der Waals surface area contributed by atoms with E-state index in [1.54, 1.807) is 12.1 Å². The van der Waals surface area contributed by atoms with Crippen molar-refractivity contribution >= 4 is 23.1 Å². The molecule has 4 N–H and O–H groups in total. The molecule has 0 aromatic heterocycles. The molecular formula is C30H33F3N4O4. The van der Waals surface area contributed by atoms with Crippen LogP contribution in [0.15, 0.2) is 53.8 Å². The number of hydrogen-bond acceptors (Lipinski definition) is 7. The van der Waals surface area contributed by atoms with E-state index in [1.807, 2.05) is 18.2 Å². The van der Waals surface area contributed by atoms with Crippen LogP contribution in [0.4, 0.5) is 24.5 Å². The summed E-state index contributed by atoms with van der Waals surface area (Å²) >= 11 is 0. The molecule has 4 atom stereocenters. The highest BCUT2D eigenvalue weighted by Crippen LogP contribution is 2.44. The van der Waals surface area contributed by atoms with E-state index in [9.17, 15) is 28.2 Å². The fraction of sp³-hybridized carbons (Fsp3) is 0.467. The summed E-state index contributed by atoms with van der Waals surface area (Å²) in [6, 6.07) is 10.5. The molecule has 2 bridgehead atoms. The number of piperidine rings is 1. The van der Waals surface area contributed by atoms with Gasteiger partial charge in [-0.3, -0.25) is 10.2 Å². The lowest BCUT2D eigenvalue weighted by Crippen LogP contribution is -2.45. The number of anilines is 2. The van der Waals surface area contributed by atoms with Gasteiger partial charge in [0.05, 0.1) is 29.7 Å². The number of rotatable bonds is 8. The molecule has 0 spiro atoms.